The van der Waals surface area contributed by atoms with E-state index in [0.717, 1.165) is 24.3 Å². The number of nitrogens with zero attached hydrogens (tertiary/aromatic N) is 1. The molecule has 3 N–H and O–H groups in total. The molecule has 0 saturated carbocycles. The van der Waals surface area contributed by atoms with Gasteiger partial charge in [0.2, 0.25) is 11.8 Å². The molecule has 0 aromatic heterocycles. The minimum atomic E-state index is -0.108. The van der Waals surface area contributed by atoms with Crippen molar-refractivity contribution in [2.24, 2.45) is 11.7 Å². The lowest BCUT2D eigenvalue weighted by Gasteiger charge is -2.32. The first-order chi connectivity index (χ1) is 11.1. The lowest BCUT2D eigenvalue weighted by Crippen LogP contribution is -2.46. The van der Waals surface area contributed by atoms with Crippen LogP contribution in [0, 0.1) is 12.8 Å². The van der Waals surface area contributed by atoms with Crippen molar-refractivity contribution in [2.75, 3.05) is 31.9 Å². The van der Waals surface area contributed by atoms with Crippen molar-refractivity contribution in [1.29, 1.82) is 0 Å². The molecule has 1 aromatic rings. The number of nitrogens with one attached hydrogen (secondary N) is 1. The van der Waals surface area contributed by atoms with Crippen molar-refractivity contribution >= 4 is 36.0 Å². The summed E-state index contributed by atoms with van der Waals surface area (Å²) in [7, 11) is 0. The quantitative estimate of drug-likeness (QED) is 0.748. The minimum absolute atomic E-state index is 0. The molecule has 7 heteroatoms. The number of amides is 2. The van der Waals surface area contributed by atoms with Crippen LogP contribution in [-0.2, 0) is 9.59 Å². The maximum atomic E-state index is 12.4. The van der Waals surface area contributed by atoms with Gasteiger partial charge in [-0.3, -0.25) is 9.59 Å². The van der Waals surface area contributed by atoms with Crippen LogP contribution in [0.25, 0.3) is 0 Å². The van der Waals surface area contributed by atoms with E-state index < -0.39 is 0 Å². The van der Waals surface area contributed by atoms with Crippen molar-refractivity contribution in [1.82, 2.24) is 10.2 Å². The predicted octanol–water partition coefficient (Wildman–Crippen LogP) is 1.82. The molecule has 134 valence electrons. The predicted molar refractivity (Wildman–Crippen MR) is 101 cm³/mol. The molecule has 1 saturated heterocycles. The van der Waals surface area contributed by atoms with Crippen LogP contribution in [0.5, 0.6) is 0 Å². The third-order valence-corrected chi connectivity index (χ3v) is 4.97. The maximum Gasteiger partial charge on any atom is 0.232 e. The SMILES string of the molecule is Cc1ccc(SCC(=O)N2CCCC(C(=O)NCCN)C2)cc1.Cl. The van der Waals surface area contributed by atoms with Crippen molar-refractivity contribution in [3.63, 3.8) is 0 Å². The summed E-state index contributed by atoms with van der Waals surface area (Å²) >= 11 is 1.55. The first-order valence-electron chi connectivity index (χ1n) is 8.05. The number of thioether (sulfide) groups is 1. The molecule has 2 rings (SSSR count). The molecule has 0 spiro atoms. The number of piperidine rings is 1. The number of halogens is 1. The van der Waals surface area contributed by atoms with Gasteiger partial charge >= 0.3 is 0 Å². The molecule has 1 fully saturated rings. The van der Waals surface area contributed by atoms with Crippen molar-refractivity contribution < 1.29 is 9.59 Å². The van der Waals surface area contributed by atoms with Gasteiger partial charge in [-0.05, 0) is 31.9 Å². The summed E-state index contributed by atoms with van der Waals surface area (Å²) in [6, 6.07) is 8.16. The van der Waals surface area contributed by atoms with Crippen LogP contribution in [0.15, 0.2) is 29.2 Å². The molecule has 1 heterocycles. The Morgan fingerprint density at radius 3 is 2.71 bits per heavy atom. The van der Waals surface area contributed by atoms with Gasteiger partial charge in [0.15, 0.2) is 0 Å². The second-order valence-corrected chi connectivity index (χ2v) is 6.91. The Balaban J connectivity index is 0.00000288. The molecule has 1 aliphatic rings. The fraction of sp³-hybridized carbons (Fsp3) is 0.529. The smallest absolute Gasteiger partial charge is 0.232 e. The van der Waals surface area contributed by atoms with Crippen LogP contribution >= 0.6 is 24.2 Å². The van der Waals surface area contributed by atoms with Crippen molar-refractivity contribution in [3.8, 4) is 0 Å². The minimum Gasteiger partial charge on any atom is -0.355 e. The molecule has 1 unspecified atom stereocenters. The average molecular weight is 372 g/mol. The summed E-state index contributed by atoms with van der Waals surface area (Å²) in [6.45, 7) is 4.24. The Morgan fingerprint density at radius 1 is 1.33 bits per heavy atom. The van der Waals surface area contributed by atoms with E-state index in [1.807, 2.05) is 36.1 Å². The lowest BCUT2D eigenvalue weighted by atomic mass is 9.97. The molecular formula is C17H26ClN3O2S. The number of carbonyl (C=O) groups is 2. The van der Waals surface area contributed by atoms with Gasteiger partial charge in [-0.15, -0.1) is 24.2 Å². The van der Waals surface area contributed by atoms with Gasteiger partial charge in [0.05, 0.1) is 11.7 Å². The molecule has 1 aromatic carbocycles. The third kappa shape index (κ3) is 6.34. The number of hydrogen-bond acceptors (Lipinski definition) is 4. The first-order valence-corrected chi connectivity index (χ1v) is 9.03. The second-order valence-electron chi connectivity index (χ2n) is 5.86. The fourth-order valence-corrected chi connectivity index (χ4v) is 3.43. The van der Waals surface area contributed by atoms with Crippen molar-refractivity contribution in [2.45, 2.75) is 24.7 Å². The third-order valence-electron chi connectivity index (χ3n) is 3.97. The van der Waals surface area contributed by atoms with Gasteiger partial charge in [-0.25, -0.2) is 0 Å². The molecule has 5 nitrogen and oxygen atoms in total. The van der Waals surface area contributed by atoms with Gasteiger partial charge in [0.25, 0.3) is 0 Å². The Labute approximate surface area is 154 Å². The number of carbonyl (C=O) groups excluding carboxylic acids is 2. The molecular weight excluding hydrogens is 346 g/mol. The highest BCUT2D eigenvalue weighted by Gasteiger charge is 2.27. The number of hydrogen-bond donors (Lipinski definition) is 2. The van der Waals surface area contributed by atoms with E-state index in [2.05, 4.69) is 5.32 Å². The highest BCUT2D eigenvalue weighted by atomic mass is 35.5. The van der Waals surface area contributed by atoms with Gasteiger partial charge in [-0.2, -0.15) is 0 Å². The van der Waals surface area contributed by atoms with Crippen LogP contribution in [0.2, 0.25) is 0 Å². The van der Waals surface area contributed by atoms with E-state index in [4.69, 9.17) is 5.73 Å². The second kappa shape index (κ2) is 10.6. The van der Waals surface area contributed by atoms with E-state index >= 15 is 0 Å². The lowest BCUT2D eigenvalue weighted by molar-refractivity contribution is -0.133. The highest BCUT2D eigenvalue weighted by molar-refractivity contribution is 8.00. The zero-order valence-corrected chi connectivity index (χ0v) is 15.6. The Morgan fingerprint density at radius 2 is 2.04 bits per heavy atom. The standard InChI is InChI=1S/C17H25N3O2S.ClH/c1-13-4-6-15(7-5-13)23-12-16(21)20-10-2-3-14(11-20)17(22)19-9-8-18;/h4-7,14H,2-3,8-12,18H2,1H3,(H,19,22);1H. The maximum absolute atomic E-state index is 12.4. The van der Waals surface area contributed by atoms with Crippen molar-refractivity contribution in [3.05, 3.63) is 29.8 Å². The van der Waals surface area contributed by atoms with Crippen LogP contribution in [0.3, 0.4) is 0 Å². The van der Waals surface area contributed by atoms with E-state index in [1.54, 1.807) is 11.8 Å². The van der Waals surface area contributed by atoms with Crippen LogP contribution in [-0.4, -0.2) is 48.6 Å². The summed E-state index contributed by atoms with van der Waals surface area (Å²) in [5, 5.41) is 2.82. The van der Waals surface area contributed by atoms with Gasteiger partial charge < -0.3 is 16.0 Å². The number of nitrogens with two attached hydrogens (primary N) is 1. The Bertz CT molecular complexity index is 539. The number of likely N-dealkylation sites (tertiary alicyclic amines) is 1. The van der Waals surface area contributed by atoms with Crippen LogP contribution in [0.4, 0.5) is 0 Å². The molecule has 2 amide bonds. The normalized spacial score (nSPS) is 17.1. The summed E-state index contributed by atoms with van der Waals surface area (Å²) in [6.07, 6.45) is 1.72. The largest absolute Gasteiger partial charge is 0.355 e. The van der Waals surface area contributed by atoms with Gasteiger partial charge in [0, 0.05) is 31.1 Å². The van der Waals surface area contributed by atoms with Gasteiger partial charge in [0.1, 0.15) is 0 Å². The van der Waals surface area contributed by atoms with E-state index in [1.165, 1.54) is 5.56 Å². The zero-order valence-electron chi connectivity index (χ0n) is 14.0. The van der Waals surface area contributed by atoms with Crippen LogP contribution in [0.1, 0.15) is 18.4 Å². The van der Waals surface area contributed by atoms with E-state index in [-0.39, 0.29) is 30.1 Å². The number of benzene rings is 1. The topological polar surface area (TPSA) is 75.4 Å². The number of aryl methyl sites for hydroxylation is 1. The fourth-order valence-electron chi connectivity index (χ4n) is 2.63. The monoisotopic (exact) mass is 371 g/mol. The van der Waals surface area contributed by atoms with E-state index in [0.29, 0.717) is 25.4 Å². The Kier molecular flexibility index (Phi) is 9.18. The molecule has 0 aliphatic carbocycles. The average Bonchev–Trinajstić information content (AvgIpc) is 2.59. The first kappa shape index (κ1) is 20.8. The molecule has 24 heavy (non-hydrogen) atoms. The number of rotatable bonds is 6. The highest BCUT2D eigenvalue weighted by Crippen LogP contribution is 2.21. The Hall–Kier alpha value is -1.24. The molecule has 1 atom stereocenters. The zero-order chi connectivity index (χ0) is 16.7. The molecule has 1 aliphatic heterocycles. The van der Waals surface area contributed by atoms with E-state index in [9.17, 15) is 9.59 Å². The summed E-state index contributed by atoms with van der Waals surface area (Å²) < 4.78 is 0. The van der Waals surface area contributed by atoms with Gasteiger partial charge in [-0.1, -0.05) is 17.7 Å². The summed E-state index contributed by atoms with van der Waals surface area (Å²) in [5.41, 5.74) is 6.62. The molecule has 0 radical (unpaired) electrons. The summed E-state index contributed by atoms with van der Waals surface area (Å²) in [4.78, 5) is 27.3. The summed E-state index contributed by atoms with van der Waals surface area (Å²) in [5.74, 6) is 0.426. The molecule has 0 bridgehead atoms. The van der Waals surface area contributed by atoms with Crippen LogP contribution < -0.4 is 11.1 Å².